The Morgan fingerprint density at radius 1 is 1.29 bits per heavy atom. The zero-order valence-electron chi connectivity index (χ0n) is 12.0. The second kappa shape index (κ2) is 7.87. The number of anilines is 1. The number of halogens is 4. The first-order chi connectivity index (χ1) is 9.77. The van der Waals surface area contributed by atoms with E-state index in [4.69, 9.17) is 11.6 Å². The van der Waals surface area contributed by atoms with Crippen LogP contribution in [-0.2, 0) is 6.18 Å². The van der Waals surface area contributed by atoms with E-state index >= 15 is 0 Å². The molecule has 0 amide bonds. The minimum absolute atomic E-state index is 0.176. The maximum Gasteiger partial charge on any atom is 0.417 e. The van der Waals surface area contributed by atoms with E-state index in [1.54, 1.807) is 0 Å². The number of benzene rings is 1. The molecule has 0 aromatic heterocycles. The van der Waals surface area contributed by atoms with Gasteiger partial charge in [-0.2, -0.15) is 13.2 Å². The topological polar surface area (TPSA) is 35.5 Å². The number of hydrogen-bond acceptors (Lipinski definition) is 3. The van der Waals surface area contributed by atoms with Crippen LogP contribution in [0.15, 0.2) is 18.2 Å². The van der Waals surface area contributed by atoms with Gasteiger partial charge in [-0.1, -0.05) is 25.4 Å². The SMILES string of the molecule is CCN(CC)CC(O)CNc1ccc(Cl)c(C(F)(F)F)c1. The van der Waals surface area contributed by atoms with E-state index in [9.17, 15) is 18.3 Å². The van der Waals surface area contributed by atoms with Gasteiger partial charge in [-0.3, -0.25) is 0 Å². The van der Waals surface area contributed by atoms with Gasteiger partial charge < -0.3 is 15.3 Å². The molecule has 0 aliphatic carbocycles. The van der Waals surface area contributed by atoms with Crippen molar-refractivity contribution in [2.24, 2.45) is 0 Å². The molecule has 0 fully saturated rings. The average Bonchev–Trinajstić information content (AvgIpc) is 2.42. The Kier molecular flexibility index (Phi) is 6.77. The van der Waals surface area contributed by atoms with Crippen molar-refractivity contribution in [3.8, 4) is 0 Å². The maximum absolute atomic E-state index is 12.7. The minimum atomic E-state index is -4.49. The Labute approximate surface area is 127 Å². The van der Waals surface area contributed by atoms with Gasteiger partial charge >= 0.3 is 6.18 Å². The van der Waals surface area contributed by atoms with Crippen molar-refractivity contribution in [1.82, 2.24) is 4.90 Å². The normalized spacial score (nSPS) is 13.5. The van der Waals surface area contributed by atoms with Gasteiger partial charge in [0, 0.05) is 18.8 Å². The van der Waals surface area contributed by atoms with Crippen LogP contribution in [0.2, 0.25) is 5.02 Å². The van der Waals surface area contributed by atoms with Crippen LogP contribution in [0.5, 0.6) is 0 Å². The van der Waals surface area contributed by atoms with Gasteiger partial charge in [-0.15, -0.1) is 0 Å². The summed E-state index contributed by atoms with van der Waals surface area (Å²) < 4.78 is 38.2. The molecule has 0 heterocycles. The highest BCUT2D eigenvalue weighted by Gasteiger charge is 2.33. The summed E-state index contributed by atoms with van der Waals surface area (Å²) in [6.45, 7) is 6.24. The highest BCUT2D eigenvalue weighted by Crippen LogP contribution is 2.36. The molecule has 1 aromatic rings. The molecule has 2 N–H and O–H groups in total. The Bertz CT molecular complexity index is 450. The number of rotatable bonds is 7. The van der Waals surface area contributed by atoms with Crippen LogP contribution in [0, 0.1) is 0 Å². The van der Waals surface area contributed by atoms with Crippen LogP contribution in [0.25, 0.3) is 0 Å². The number of nitrogens with one attached hydrogen (secondary N) is 1. The molecule has 1 unspecified atom stereocenters. The largest absolute Gasteiger partial charge is 0.417 e. The molecule has 7 heteroatoms. The van der Waals surface area contributed by atoms with Crippen molar-refractivity contribution in [2.75, 3.05) is 31.5 Å². The number of likely N-dealkylation sites (N-methyl/N-ethyl adjacent to an activating group) is 1. The van der Waals surface area contributed by atoms with Crippen LogP contribution >= 0.6 is 11.6 Å². The van der Waals surface area contributed by atoms with Gasteiger partial charge in [0.2, 0.25) is 0 Å². The molecule has 0 saturated carbocycles. The molecule has 1 rings (SSSR count). The summed E-state index contributed by atoms with van der Waals surface area (Å²) in [5, 5.41) is 12.3. The molecule has 1 aromatic carbocycles. The van der Waals surface area contributed by atoms with Crippen LogP contribution in [-0.4, -0.2) is 42.3 Å². The fourth-order valence-corrected chi connectivity index (χ4v) is 2.16. The standard InChI is InChI=1S/C14H20ClF3N2O/c1-3-20(4-2)9-11(21)8-19-10-5-6-13(15)12(7-10)14(16,17)18/h5-7,11,19,21H,3-4,8-9H2,1-2H3. The van der Waals surface area contributed by atoms with Crippen molar-refractivity contribution in [3.63, 3.8) is 0 Å². The predicted molar refractivity (Wildman–Crippen MR) is 78.7 cm³/mol. The number of alkyl halides is 3. The summed E-state index contributed by atoms with van der Waals surface area (Å²) in [4.78, 5) is 2.04. The van der Waals surface area contributed by atoms with E-state index in [0.29, 0.717) is 6.54 Å². The smallest absolute Gasteiger partial charge is 0.390 e. The summed E-state index contributed by atoms with van der Waals surface area (Å²) in [6, 6.07) is 3.61. The lowest BCUT2D eigenvalue weighted by molar-refractivity contribution is -0.137. The third kappa shape index (κ3) is 5.73. The van der Waals surface area contributed by atoms with Crippen molar-refractivity contribution >= 4 is 17.3 Å². The summed E-state index contributed by atoms with van der Waals surface area (Å²) >= 11 is 5.55. The third-order valence-corrected chi connectivity index (χ3v) is 3.51. The zero-order valence-corrected chi connectivity index (χ0v) is 12.8. The summed E-state index contributed by atoms with van der Waals surface area (Å²) in [5.74, 6) is 0. The summed E-state index contributed by atoms with van der Waals surface area (Å²) in [7, 11) is 0. The molecule has 0 radical (unpaired) electrons. The third-order valence-electron chi connectivity index (χ3n) is 3.18. The molecule has 120 valence electrons. The summed E-state index contributed by atoms with van der Waals surface area (Å²) in [5.41, 5.74) is -0.599. The highest BCUT2D eigenvalue weighted by molar-refractivity contribution is 6.31. The van der Waals surface area contributed by atoms with E-state index in [-0.39, 0.29) is 17.3 Å². The molecule has 21 heavy (non-hydrogen) atoms. The predicted octanol–water partition coefficient (Wildman–Crippen LogP) is 3.47. The summed E-state index contributed by atoms with van der Waals surface area (Å²) in [6.07, 6.45) is -5.15. The van der Waals surface area contributed by atoms with Crippen molar-refractivity contribution in [1.29, 1.82) is 0 Å². The molecule has 3 nitrogen and oxygen atoms in total. The van der Waals surface area contributed by atoms with Crippen LogP contribution in [0.1, 0.15) is 19.4 Å². The van der Waals surface area contributed by atoms with Gasteiger partial charge in [0.15, 0.2) is 0 Å². The maximum atomic E-state index is 12.7. The fourth-order valence-electron chi connectivity index (χ4n) is 1.93. The molecule has 0 aliphatic heterocycles. The molecule has 0 bridgehead atoms. The number of aliphatic hydroxyl groups excluding tert-OH is 1. The van der Waals surface area contributed by atoms with E-state index < -0.39 is 17.8 Å². The van der Waals surface area contributed by atoms with Crippen molar-refractivity contribution in [3.05, 3.63) is 28.8 Å². The fraction of sp³-hybridized carbons (Fsp3) is 0.571. The van der Waals surface area contributed by atoms with E-state index in [1.165, 1.54) is 12.1 Å². The first kappa shape index (κ1) is 18.1. The van der Waals surface area contributed by atoms with Gasteiger partial charge in [-0.25, -0.2) is 0 Å². The van der Waals surface area contributed by atoms with E-state index in [0.717, 1.165) is 19.2 Å². The lowest BCUT2D eigenvalue weighted by Crippen LogP contribution is -2.35. The molecular weight excluding hydrogens is 305 g/mol. The van der Waals surface area contributed by atoms with E-state index in [1.807, 2.05) is 18.7 Å². The van der Waals surface area contributed by atoms with Crippen LogP contribution in [0.3, 0.4) is 0 Å². The second-order valence-electron chi connectivity index (χ2n) is 4.71. The van der Waals surface area contributed by atoms with Crippen molar-refractivity contribution in [2.45, 2.75) is 26.1 Å². The van der Waals surface area contributed by atoms with Crippen LogP contribution in [0.4, 0.5) is 18.9 Å². The number of hydrogen-bond donors (Lipinski definition) is 2. The van der Waals surface area contributed by atoms with Crippen molar-refractivity contribution < 1.29 is 18.3 Å². The number of nitrogens with zero attached hydrogens (tertiary/aromatic N) is 1. The van der Waals surface area contributed by atoms with Gasteiger partial charge in [0.05, 0.1) is 16.7 Å². The highest BCUT2D eigenvalue weighted by atomic mass is 35.5. The monoisotopic (exact) mass is 324 g/mol. The lowest BCUT2D eigenvalue weighted by Gasteiger charge is -2.22. The van der Waals surface area contributed by atoms with Crippen LogP contribution < -0.4 is 5.32 Å². The zero-order chi connectivity index (χ0) is 16.0. The first-order valence-corrected chi connectivity index (χ1v) is 7.16. The second-order valence-corrected chi connectivity index (χ2v) is 5.12. The quantitative estimate of drug-likeness (QED) is 0.806. The molecular formula is C14H20ClF3N2O. The molecule has 0 spiro atoms. The van der Waals surface area contributed by atoms with E-state index in [2.05, 4.69) is 5.32 Å². The van der Waals surface area contributed by atoms with Gasteiger partial charge in [0.25, 0.3) is 0 Å². The Morgan fingerprint density at radius 3 is 2.43 bits per heavy atom. The Hall–Kier alpha value is -0.980. The molecule has 0 saturated heterocycles. The molecule has 0 aliphatic rings. The van der Waals surface area contributed by atoms with Gasteiger partial charge in [0.1, 0.15) is 0 Å². The Balaban J connectivity index is 2.64. The number of aliphatic hydroxyl groups is 1. The van der Waals surface area contributed by atoms with Gasteiger partial charge in [-0.05, 0) is 31.3 Å². The average molecular weight is 325 g/mol. The Morgan fingerprint density at radius 2 is 1.90 bits per heavy atom. The molecule has 1 atom stereocenters. The lowest BCUT2D eigenvalue weighted by atomic mass is 10.2. The minimum Gasteiger partial charge on any atom is -0.390 e. The first-order valence-electron chi connectivity index (χ1n) is 6.79.